The Morgan fingerprint density at radius 2 is 0.637 bits per heavy atom. The number of nitrogens with one attached hydrogen (secondary N) is 4. The number of carbonyl (C=O) groups excluding carboxylic acids is 5. The maximum atomic E-state index is 13.6. The smallest absolute Gasteiger partial charge is 0.312 e. The highest BCUT2D eigenvalue weighted by Gasteiger charge is 2.61. The molecule has 0 bridgehead atoms. The Morgan fingerprint density at radius 1 is 0.370 bits per heavy atom. The van der Waals surface area contributed by atoms with Crippen molar-refractivity contribution in [1.82, 2.24) is 51.5 Å². The maximum Gasteiger partial charge on any atom is 0.312 e. The van der Waals surface area contributed by atoms with Gasteiger partial charge in [-0.3, -0.25) is 43.4 Å². The van der Waals surface area contributed by atoms with Crippen molar-refractivity contribution in [3.63, 3.8) is 0 Å². The Labute approximate surface area is 882 Å². The number of unbranched alkanes of at least 4 members (excludes halogenated alkanes) is 1. The molecule has 6 N–H and O–H groups in total. The molecule has 0 aliphatic carbocycles. The fourth-order valence-corrected chi connectivity index (χ4v) is 23.9. The van der Waals surface area contributed by atoms with Crippen LogP contribution in [0.3, 0.4) is 0 Å². The molecule has 0 radical (unpaired) electrons. The standard InChI is InChI=1S/C31H40N2O2.C26H44N2O2.C24H38N2O2.C23H36N2O2.C21H35N3O2/c1-7-30(5)21-28(32-29(34)27-20-14-18-25-17-12-13-19-26(25)27)22(3)31(6,8-2)33(30)35-23(4)24-15-10-9-11-16-24;1-9-12-18-27(22(6)29)24-19-25(7,10-2)28(26(8,11-3)20(24)4)30-21(5)23-16-14-13-15-17-23;1-9-23(7)16-21(25-22(27)17(3)4)18(5)24(8,10-2)26(23)28-19(6)20-14-12-11-13-15-20;1-8-21(26)24-20-16-22(6,9-2)25(23(7,10-3)17(20)4)27-18(5)19-14-12-11-13-15-19;1-7-20(5)14-18(23-19(22)25)15(3)21(6,8-2)24(20)26-16(4)17-12-10-9-11-13-17/h9-20,22-23,28H,7-8,21H2,1-6H3,(H,32,34);13-17,20-21,24H,9-12,18-19H2,1-8H3;11-15,18-19,21H,3,9-10,16H2,1-2,4-8H3,(H,25,27);8,11-15,17-18,20H,1,9-10,16H2,2-7H3,(H,24,26);9-13,15-16,18H,7-8,14H2,1-6H3,(H3,22,23,25). The van der Waals surface area contributed by atoms with E-state index >= 15 is 0 Å². The van der Waals surface area contributed by atoms with Gasteiger partial charge in [-0.25, -0.2) is 4.79 Å². The molecule has 5 heterocycles. The van der Waals surface area contributed by atoms with Gasteiger partial charge < -0.3 is 31.9 Å². The van der Waals surface area contributed by atoms with Crippen LogP contribution in [0.15, 0.2) is 219 Å². The van der Waals surface area contributed by atoms with Crippen LogP contribution in [0.1, 0.15) is 406 Å². The van der Waals surface area contributed by atoms with Crippen LogP contribution >= 0.6 is 0 Å². The second kappa shape index (κ2) is 53.1. The zero-order valence-electron chi connectivity index (χ0n) is 96.2. The molecule has 5 fully saturated rings. The summed E-state index contributed by atoms with van der Waals surface area (Å²) in [6.45, 7) is 80.5. The number of carbonyl (C=O) groups is 5. The van der Waals surface area contributed by atoms with Gasteiger partial charge in [-0.15, -0.1) is 0 Å². The highest BCUT2D eigenvalue weighted by atomic mass is 16.7. The van der Waals surface area contributed by atoms with Crippen LogP contribution in [-0.4, -0.2) is 152 Å². The number of fused-ring (bicyclic) bond motifs is 1. The van der Waals surface area contributed by atoms with E-state index in [1.165, 1.54) is 28.3 Å². The molecule has 25 unspecified atom stereocenters. The molecule has 0 saturated carbocycles. The van der Waals surface area contributed by atoms with Gasteiger partial charge in [0.05, 0.1) is 0 Å². The van der Waals surface area contributed by atoms with Crippen molar-refractivity contribution in [1.29, 1.82) is 0 Å². The van der Waals surface area contributed by atoms with Crippen molar-refractivity contribution < 1.29 is 48.2 Å². The van der Waals surface area contributed by atoms with E-state index in [2.05, 4.69) is 388 Å². The quantitative estimate of drug-likeness (QED) is 0.0230. The first kappa shape index (κ1) is 122. The van der Waals surface area contributed by atoms with Crippen LogP contribution in [0.2, 0.25) is 0 Å². The highest BCUT2D eigenvalue weighted by molar-refractivity contribution is 6.07. The first-order valence-corrected chi connectivity index (χ1v) is 55.5. The predicted molar refractivity (Wildman–Crippen MR) is 601 cm³/mol. The Kier molecular flexibility index (Phi) is 44.5. The van der Waals surface area contributed by atoms with Crippen LogP contribution in [0, 0.1) is 29.6 Å². The lowest BCUT2D eigenvalue weighted by Crippen LogP contribution is -2.70. The van der Waals surface area contributed by atoms with Crippen molar-refractivity contribution in [2.45, 2.75) is 454 Å². The minimum Gasteiger partial charge on any atom is -0.352 e. The molecule has 7 aromatic carbocycles. The van der Waals surface area contributed by atoms with Gasteiger partial charge >= 0.3 is 6.03 Å². The van der Waals surface area contributed by atoms with Gasteiger partial charge in [0.1, 0.15) is 30.5 Å². The van der Waals surface area contributed by atoms with Crippen molar-refractivity contribution in [2.24, 2.45) is 35.3 Å². The van der Waals surface area contributed by atoms with Crippen LogP contribution in [0.5, 0.6) is 0 Å². The summed E-state index contributed by atoms with van der Waals surface area (Å²) in [4.78, 5) is 97.6. The minimum atomic E-state index is -0.453. The zero-order chi connectivity index (χ0) is 109. The van der Waals surface area contributed by atoms with Crippen LogP contribution < -0.4 is 27.0 Å². The number of piperidine rings is 5. The lowest BCUT2D eigenvalue weighted by molar-refractivity contribution is -0.331. The average Bonchev–Trinajstić information content (AvgIpc) is 0.742. The van der Waals surface area contributed by atoms with Crippen LogP contribution in [0.25, 0.3) is 10.8 Å². The highest BCUT2D eigenvalue weighted by Crippen LogP contribution is 2.54. The van der Waals surface area contributed by atoms with Crippen molar-refractivity contribution in [2.75, 3.05) is 6.54 Å². The van der Waals surface area contributed by atoms with E-state index in [1.807, 2.05) is 84.9 Å². The number of hydrogen-bond donors (Lipinski definition) is 5. The van der Waals surface area contributed by atoms with Crippen molar-refractivity contribution in [3.05, 3.63) is 252 Å². The summed E-state index contributed by atoms with van der Waals surface area (Å²) in [6.07, 6.45) is 17.0. The third-order valence-electron chi connectivity index (χ3n) is 36.5. The number of nitrogens with zero attached hydrogens (tertiary/aromatic N) is 6. The van der Waals surface area contributed by atoms with Gasteiger partial charge in [-0.1, -0.05) is 318 Å². The number of hydroxylamine groups is 10. The molecule has 6 amide bonds. The summed E-state index contributed by atoms with van der Waals surface area (Å²) >= 11 is 0. The third-order valence-corrected chi connectivity index (χ3v) is 36.5. The fraction of sp³-hybridized carbons (Fsp3) is 0.608. The largest absolute Gasteiger partial charge is 0.352 e. The summed E-state index contributed by atoms with van der Waals surface area (Å²) in [5, 5.41) is 26.2. The lowest BCUT2D eigenvalue weighted by atomic mass is 9.67. The molecule has 5 aliphatic rings. The van der Waals surface area contributed by atoms with E-state index in [4.69, 9.17) is 29.9 Å². The number of nitrogens with two attached hydrogens (primary N) is 1. The molecule has 21 nitrogen and oxygen atoms in total. The Morgan fingerprint density at radius 3 is 0.911 bits per heavy atom. The first-order valence-electron chi connectivity index (χ1n) is 55.5. The Bertz CT molecular complexity index is 5250. The number of primary amides is 1. The molecule has 21 heteroatoms. The summed E-state index contributed by atoms with van der Waals surface area (Å²) in [5.74, 6) is 1.25. The SMILES string of the molecule is C=C(C)C(=O)NC1CC(C)(CC)N(OC(C)c2ccccc2)C(C)(CC)C1C.C=CC(=O)NC1CC(C)(CC)N(OC(C)c2ccccc2)C(C)(CC)C1C.CCC1(C)CC(NC(=O)c2cccc3ccccc23)C(C)C(C)(CC)N1OC(C)c1ccccc1.CCC1(C)CC(NC(N)=O)C(C)C(C)(CC)N1OC(C)c1ccccc1.CCCCN(C(C)=O)C1CC(C)(CC)N(OC(C)c2ccccc2)C(C)(CC)C1C. The van der Waals surface area contributed by atoms with E-state index in [0.717, 1.165) is 138 Å². The Hall–Kier alpha value is -8.97. The molecular formula is C125H193N11O10. The topological polar surface area (TPSA) is 225 Å². The fourth-order valence-electron chi connectivity index (χ4n) is 23.9. The van der Waals surface area contributed by atoms with Crippen LogP contribution in [-0.2, 0) is 38.6 Å². The first-order chi connectivity index (χ1) is 68.8. The zero-order valence-corrected chi connectivity index (χ0v) is 96.2. The van der Waals surface area contributed by atoms with Gasteiger partial charge in [-0.2, -0.15) is 25.3 Å². The average molecular weight is 2010 g/mol. The Balaban J connectivity index is 0.000000224. The third kappa shape index (κ3) is 27.9. The second-order valence-electron chi connectivity index (χ2n) is 45.6. The maximum absolute atomic E-state index is 13.6. The predicted octanol–water partition coefficient (Wildman–Crippen LogP) is 28.5. The number of hydrogen-bond acceptors (Lipinski definition) is 15. The van der Waals surface area contributed by atoms with E-state index in [0.29, 0.717) is 11.5 Å². The number of benzene rings is 7. The van der Waals surface area contributed by atoms with Crippen molar-refractivity contribution in [3.8, 4) is 0 Å². The van der Waals surface area contributed by atoms with E-state index in [9.17, 15) is 24.0 Å². The number of amides is 6. The van der Waals surface area contributed by atoms with Crippen molar-refractivity contribution >= 4 is 40.4 Å². The normalized spacial score (nSPS) is 31.2. The molecule has 5 saturated heterocycles. The molecule has 146 heavy (non-hydrogen) atoms. The lowest BCUT2D eigenvalue weighted by Gasteiger charge is -2.61. The van der Waals surface area contributed by atoms with Gasteiger partial charge in [0, 0.05) is 110 Å². The summed E-state index contributed by atoms with van der Waals surface area (Å²) in [6, 6.07) is 65.9. The molecule has 25 atom stereocenters. The number of urea groups is 1. The molecule has 5 aliphatic heterocycles. The van der Waals surface area contributed by atoms with E-state index in [-0.39, 0.29) is 163 Å². The van der Waals surface area contributed by atoms with Gasteiger partial charge in [0.15, 0.2) is 0 Å². The summed E-state index contributed by atoms with van der Waals surface area (Å²) < 4.78 is 0. The van der Waals surface area contributed by atoms with Gasteiger partial charge in [0.25, 0.3) is 5.91 Å². The molecule has 0 aromatic heterocycles. The summed E-state index contributed by atoms with van der Waals surface area (Å²) in [5.41, 5.74) is 10.7. The molecule has 0 spiro atoms. The molecule has 808 valence electrons. The second-order valence-corrected chi connectivity index (χ2v) is 45.6. The van der Waals surface area contributed by atoms with E-state index in [1.54, 1.807) is 13.8 Å². The molecule has 12 rings (SSSR count). The molecular weight excluding hydrogens is 1820 g/mol. The monoisotopic (exact) mass is 2010 g/mol. The van der Waals surface area contributed by atoms with Gasteiger partial charge in [0.2, 0.25) is 17.7 Å². The minimum absolute atomic E-state index is 0.00239. The molecule has 7 aromatic rings. The number of rotatable bonds is 36. The van der Waals surface area contributed by atoms with E-state index < -0.39 is 6.03 Å². The van der Waals surface area contributed by atoms with Gasteiger partial charge in [-0.05, 0) is 294 Å². The summed E-state index contributed by atoms with van der Waals surface area (Å²) in [7, 11) is 0. The van der Waals surface area contributed by atoms with Crippen LogP contribution in [0.4, 0.5) is 4.79 Å².